The summed E-state index contributed by atoms with van der Waals surface area (Å²) < 4.78 is 0. The van der Waals surface area contributed by atoms with E-state index in [4.69, 9.17) is 0 Å². The first kappa shape index (κ1) is 15.9. The third kappa shape index (κ3) is 5.25. The predicted octanol–water partition coefficient (Wildman–Crippen LogP) is 2.18. The summed E-state index contributed by atoms with van der Waals surface area (Å²) in [4.78, 5) is 5.22. The van der Waals surface area contributed by atoms with Crippen LogP contribution in [-0.2, 0) is 0 Å². The van der Waals surface area contributed by atoms with E-state index < -0.39 is 0 Å². The van der Waals surface area contributed by atoms with Gasteiger partial charge in [0.05, 0.1) is 0 Å². The minimum Gasteiger partial charge on any atom is -0.314 e. The summed E-state index contributed by atoms with van der Waals surface area (Å²) >= 11 is 0. The first-order chi connectivity index (χ1) is 8.71. The zero-order chi connectivity index (χ0) is 13.4. The summed E-state index contributed by atoms with van der Waals surface area (Å²) in [5.74, 6) is 0. The number of hydrogen-bond donors (Lipinski definition) is 1. The number of rotatable bonds is 8. The van der Waals surface area contributed by atoms with Crippen LogP contribution in [-0.4, -0.2) is 61.2 Å². The highest BCUT2D eigenvalue weighted by molar-refractivity contribution is 4.82. The van der Waals surface area contributed by atoms with Crippen LogP contribution >= 0.6 is 0 Å². The van der Waals surface area contributed by atoms with E-state index in [2.05, 4.69) is 42.8 Å². The Balaban J connectivity index is 2.28. The zero-order valence-corrected chi connectivity index (χ0v) is 12.9. The van der Waals surface area contributed by atoms with Crippen molar-refractivity contribution in [2.75, 3.05) is 39.3 Å². The van der Waals surface area contributed by atoms with Crippen molar-refractivity contribution in [1.29, 1.82) is 0 Å². The molecule has 1 aliphatic rings. The smallest absolute Gasteiger partial charge is 0.0122 e. The van der Waals surface area contributed by atoms with Gasteiger partial charge >= 0.3 is 0 Å². The molecule has 2 atom stereocenters. The van der Waals surface area contributed by atoms with Crippen LogP contribution in [0.5, 0.6) is 0 Å². The first-order valence-electron chi connectivity index (χ1n) is 7.90. The number of piperidine rings is 1. The van der Waals surface area contributed by atoms with Gasteiger partial charge in [0.2, 0.25) is 0 Å². The first-order valence-corrected chi connectivity index (χ1v) is 7.90. The number of nitrogens with one attached hydrogen (secondary N) is 1. The van der Waals surface area contributed by atoms with Crippen molar-refractivity contribution in [2.24, 2.45) is 0 Å². The van der Waals surface area contributed by atoms with Crippen molar-refractivity contribution in [3.05, 3.63) is 0 Å². The summed E-state index contributed by atoms with van der Waals surface area (Å²) in [7, 11) is 0. The fourth-order valence-corrected chi connectivity index (χ4v) is 3.07. The van der Waals surface area contributed by atoms with E-state index in [0.717, 1.165) is 6.04 Å². The highest BCUT2D eigenvalue weighted by Gasteiger charge is 2.22. The van der Waals surface area contributed by atoms with Gasteiger partial charge in [-0.05, 0) is 65.5 Å². The van der Waals surface area contributed by atoms with Crippen molar-refractivity contribution in [3.63, 3.8) is 0 Å². The standard InChI is InChI=1S/C15H33N3/c1-5-17(6-2)11-8-12-18(7-3)15-9-10-16-14(4)13-15/h14-16H,5-13H2,1-4H3. The molecule has 0 spiro atoms. The molecule has 108 valence electrons. The van der Waals surface area contributed by atoms with E-state index in [1.807, 2.05) is 0 Å². The van der Waals surface area contributed by atoms with Crippen LogP contribution in [0, 0.1) is 0 Å². The molecule has 3 nitrogen and oxygen atoms in total. The number of hydrogen-bond acceptors (Lipinski definition) is 3. The molecule has 1 N–H and O–H groups in total. The molecule has 0 aliphatic carbocycles. The maximum atomic E-state index is 3.55. The van der Waals surface area contributed by atoms with E-state index in [0.29, 0.717) is 6.04 Å². The molecule has 1 fully saturated rings. The van der Waals surface area contributed by atoms with Crippen molar-refractivity contribution in [2.45, 2.75) is 59.0 Å². The van der Waals surface area contributed by atoms with Gasteiger partial charge in [-0.2, -0.15) is 0 Å². The van der Waals surface area contributed by atoms with Gasteiger partial charge in [-0.1, -0.05) is 20.8 Å². The van der Waals surface area contributed by atoms with Crippen LogP contribution < -0.4 is 5.32 Å². The summed E-state index contributed by atoms with van der Waals surface area (Å²) in [6, 6.07) is 1.50. The van der Waals surface area contributed by atoms with Crippen LogP contribution in [0.1, 0.15) is 47.0 Å². The highest BCUT2D eigenvalue weighted by atomic mass is 15.2. The van der Waals surface area contributed by atoms with Crippen LogP contribution in [0.3, 0.4) is 0 Å². The zero-order valence-electron chi connectivity index (χ0n) is 12.9. The van der Waals surface area contributed by atoms with Crippen LogP contribution in [0.15, 0.2) is 0 Å². The molecule has 2 unspecified atom stereocenters. The second-order valence-corrected chi connectivity index (χ2v) is 5.54. The van der Waals surface area contributed by atoms with E-state index in [1.54, 1.807) is 0 Å². The molecule has 0 aromatic rings. The molecular formula is C15H33N3. The molecule has 0 aromatic heterocycles. The molecule has 0 aromatic carbocycles. The fourth-order valence-electron chi connectivity index (χ4n) is 3.07. The maximum absolute atomic E-state index is 3.55. The Kier molecular flexibility index (Phi) is 7.87. The average Bonchev–Trinajstić information content (AvgIpc) is 2.39. The Labute approximate surface area is 114 Å². The molecular weight excluding hydrogens is 222 g/mol. The molecule has 1 rings (SSSR count). The van der Waals surface area contributed by atoms with E-state index in [1.165, 1.54) is 58.5 Å². The van der Waals surface area contributed by atoms with Gasteiger partial charge in [-0.3, -0.25) is 0 Å². The van der Waals surface area contributed by atoms with Crippen LogP contribution in [0.2, 0.25) is 0 Å². The van der Waals surface area contributed by atoms with Crippen molar-refractivity contribution in [1.82, 2.24) is 15.1 Å². The quantitative estimate of drug-likeness (QED) is 0.717. The normalized spacial score (nSPS) is 25.0. The third-order valence-electron chi connectivity index (χ3n) is 4.33. The summed E-state index contributed by atoms with van der Waals surface area (Å²) in [6.45, 7) is 16.4. The maximum Gasteiger partial charge on any atom is 0.0122 e. The summed E-state index contributed by atoms with van der Waals surface area (Å²) in [6.07, 6.45) is 3.95. The average molecular weight is 255 g/mol. The lowest BCUT2D eigenvalue weighted by molar-refractivity contribution is 0.145. The Hall–Kier alpha value is -0.120. The summed E-state index contributed by atoms with van der Waals surface area (Å²) in [5, 5.41) is 3.55. The lowest BCUT2D eigenvalue weighted by Crippen LogP contribution is -2.47. The highest BCUT2D eigenvalue weighted by Crippen LogP contribution is 2.15. The van der Waals surface area contributed by atoms with Gasteiger partial charge in [0.1, 0.15) is 0 Å². The Morgan fingerprint density at radius 2 is 1.78 bits per heavy atom. The largest absolute Gasteiger partial charge is 0.314 e. The Morgan fingerprint density at radius 3 is 2.33 bits per heavy atom. The molecule has 0 saturated carbocycles. The molecule has 1 heterocycles. The lowest BCUT2D eigenvalue weighted by Gasteiger charge is -2.37. The molecule has 3 heteroatoms. The topological polar surface area (TPSA) is 18.5 Å². The van der Waals surface area contributed by atoms with Gasteiger partial charge in [-0.25, -0.2) is 0 Å². The minimum atomic E-state index is 0.695. The molecule has 1 saturated heterocycles. The van der Waals surface area contributed by atoms with Crippen molar-refractivity contribution >= 4 is 0 Å². The lowest BCUT2D eigenvalue weighted by atomic mass is 9.99. The fraction of sp³-hybridized carbons (Fsp3) is 1.00. The van der Waals surface area contributed by atoms with E-state index >= 15 is 0 Å². The third-order valence-corrected chi connectivity index (χ3v) is 4.33. The number of nitrogens with zero attached hydrogens (tertiary/aromatic N) is 2. The predicted molar refractivity (Wildman–Crippen MR) is 80.1 cm³/mol. The van der Waals surface area contributed by atoms with Gasteiger partial charge in [0, 0.05) is 12.1 Å². The van der Waals surface area contributed by atoms with Crippen LogP contribution in [0.25, 0.3) is 0 Å². The van der Waals surface area contributed by atoms with Gasteiger partial charge < -0.3 is 15.1 Å². The molecule has 0 amide bonds. The molecule has 18 heavy (non-hydrogen) atoms. The Morgan fingerprint density at radius 1 is 1.06 bits per heavy atom. The molecule has 0 bridgehead atoms. The second kappa shape index (κ2) is 8.89. The van der Waals surface area contributed by atoms with Gasteiger partial charge in [0.15, 0.2) is 0 Å². The molecule has 0 radical (unpaired) electrons. The van der Waals surface area contributed by atoms with Gasteiger partial charge in [0.25, 0.3) is 0 Å². The van der Waals surface area contributed by atoms with Crippen molar-refractivity contribution < 1.29 is 0 Å². The Bertz CT molecular complexity index is 204. The second-order valence-electron chi connectivity index (χ2n) is 5.54. The monoisotopic (exact) mass is 255 g/mol. The van der Waals surface area contributed by atoms with E-state index in [-0.39, 0.29) is 0 Å². The van der Waals surface area contributed by atoms with Crippen LogP contribution in [0.4, 0.5) is 0 Å². The molecule has 1 aliphatic heterocycles. The summed E-state index contributed by atoms with van der Waals surface area (Å²) in [5.41, 5.74) is 0. The van der Waals surface area contributed by atoms with Crippen molar-refractivity contribution in [3.8, 4) is 0 Å². The minimum absolute atomic E-state index is 0.695. The van der Waals surface area contributed by atoms with E-state index in [9.17, 15) is 0 Å². The van der Waals surface area contributed by atoms with Gasteiger partial charge in [-0.15, -0.1) is 0 Å². The SMILES string of the molecule is CCN(CC)CCCN(CC)C1CCNC(C)C1.